The molecule has 8 nitrogen and oxygen atoms in total. The van der Waals surface area contributed by atoms with Crippen LogP contribution in [0.3, 0.4) is 0 Å². The number of amides is 2. The molecule has 2 aliphatic rings. The number of hydrogen-bond donors (Lipinski definition) is 2. The van der Waals surface area contributed by atoms with Gasteiger partial charge in [-0.1, -0.05) is 24.3 Å². The Labute approximate surface area is 225 Å². The van der Waals surface area contributed by atoms with Crippen molar-refractivity contribution >= 4 is 17.7 Å². The van der Waals surface area contributed by atoms with Crippen molar-refractivity contribution in [1.82, 2.24) is 4.90 Å². The number of fused-ring (bicyclic) bond motifs is 1. The van der Waals surface area contributed by atoms with Crippen molar-refractivity contribution < 1.29 is 28.9 Å². The average molecular weight is 525 g/mol. The van der Waals surface area contributed by atoms with Crippen molar-refractivity contribution in [3.63, 3.8) is 0 Å². The van der Waals surface area contributed by atoms with Crippen LogP contribution in [-0.2, 0) is 25.4 Å². The number of ether oxygens (including phenoxy) is 3. The van der Waals surface area contributed by atoms with Gasteiger partial charge in [-0.2, -0.15) is 0 Å². The van der Waals surface area contributed by atoms with Crippen LogP contribution in [0.1, 0.15) is 75.2 Å². The number of phenolic OH excluding ortho intramolecular Hbond substituents is 1. The van der Waals surface area contributed by atoms with Crippen LogP contribution in [0.5, 0.6) is 5.75 Å². The van der Waals surface area contributed by atoms with Crippen LogP contribution < -0.4 is 5.32 Å². The van der Waals surface area contributed by atoms with E-state index in [4.69, 9.17) is 14.2 Å². The normalized spacial score (nSPS) is 20.4. The van der Waals surface area contributed by atoms with Crippen LogP contribution in [0.2, 0.25) is 0 Å². The Morgan fingerprint density at radius 2 is 1.92 bits per heavy atom. The molecule has 0 saturated carbocycles. The van der Waals surface area contributed by atoms with Crippen molar-refractivity contribution in [3.05, 3.63) is 59.2 Å². The fraction of sp³-hybridized carbons (Fsp3) is 0.533. The van der Waals surface area contributed by atoms with E-state index in [0.29, 0.717) is 32.5 Å². The van der Waals surface area contributed by atoms with Crippen molar-refractivity contribution in [3.8, 4) is 5.75 Å². The smallest absolute Gasteiger partial charge is 0.410 e. The minimum absolute atomic E-state index is 0.0270. The van der Waals surface area contributed by atoms with Crippen LogP contribution in [0.4, 0.5) is 10.5 Å². The number of likely N-dealkylation sites (tertiary alicyclic amines) is 1. The Balaban J connectivity index is 1.61. The Bertz CT molecular complexity index is 1110. The maximum Gasteiger partial charge on any atom is 0.410 e. The SMILES string of the molecule is COCCCC(OC1CN(C(=O)OC(C)(C)C)CCC1c1ccc(O)cc1)c1ccc2c(c1)NC(=O)CC2. The molecule has 2 aromatic rings. The van der Waals surface area contributed by atoms with Crippen molar-refractivity contribution in [1.29, 1.82) is 0 Å². The zero-order chi connectivity index (χ0) is 27.3. The summed E-state index contributed by atoms with van der Waals surface area (Å²) in [6, 6.07) is 13.4. The molecule has 206 valence electrons. The number of nitrogens with one attached hydrogen (secondary N) is 1. The van der Waals surface area contributed by atoms with E-state index in [2.05, 4.69) is 17.4 Å². The molecule has 2 aliphatic heterocycles. The zero-order valence-electron chi connectivity index (χ0n) is 22.9. The van der Waals surface area contributed by atoms with E-state index in [-0.39, 0.29) is 35.9 Å². The molecule has 0 bridgehead atoms. The lowest BCUT2D eigenvalue weighted by atomic mass is 9.86. The van der Waals surface area contributed by atoms with E-state index in [1.807, 2.05) is 39.0 Å². The maximum absolute atomic E-state index is 13.0. The number of anilines is 1. The van der Waals surface area contributed by atoms with Gasteiger partial charge in [0.05, 0.1) is 18.8 Å². The third-order valence-electron chi connectivity index (χ3n) is 7.09. The summed E-state index contributed by atoms with van der Waals surface area (Å²) in [5.74, 6) is 0.279. The Morgan fingerprint density at radius 1 is 1.16 bits per heavy atom. The maximum atomic E-state index is 13.0. The van der Waals surface area contributed by atoms with E-state index >= 15 is 0 Å². The van der Waals surface area contributed by atoms with Gasteiger partial charge in [-0.3, -0.25) is 4.79 Å². The van der Waals surface area contributed by atoms with E-state index < -0.39 is 5.60 Å². The number of aromatic hydroxyl groups is 1. The second-order valence-electron chi connectivity index (χ2n) is 11.2. The number of nitrogens with zero attached hydrogens (tertiary/aromatic N) is 1. The molecular weight excluding hydrogens is 484 g/mol. The molecule has 2 N–H and O–H groups in total. The highest BCUT2D eigenvalue weighted by Crippen LogP contribution is 2.37. The molecule has 3 unspecified atom stereocenters. The molecule has 0 aliphatic carbocycles. The molecule has 4 rings (SSSR count). The summed E-state index contributed by atoms with van der Waals surface area (Å²) in [6.45, 7) is 7.15. The van der Waals surface area contributed by atoms with Gasteiger partial charge >= 0.3 is 6.09 Å². The Morgan fingerprint density at radius 3 is 2.63 bits per heavy atom. The van der Waals surface area contributed by atoms with E-state index in [1.54, 1.807) is 24.1 Å². The Hall–Kier alpha value is -3.10. The number of hydrogen-bond acceptors (Lipinski definition) is 6. The molecular formula is C30H40N2O6. The summed E-state index contributed by atoms with van der Waals surface area (Å²) in [4.78, 5) is 26.7. The van der Waals surface area contributed by atoms with Gasteiger partial charge in [-0.05, 0) is 81.3 Å². The minimum atomic E-state index is -0.586. The summed E-state index contributed by atoms with van der Waals surface area (Å²) in [7, 11) is 1.69. The van der Waals surface area contributed by atoms with Crippen LogP contribution in [0.15, 0.2) is 42.5 Å². The predicted molar refractivity (Wildman–Crippen MR) is 145 cm³/mol. The van der Waals surface area contributed by atoms with E-state index in [9.17, 15) is 14.7 Å². The van der Waals surface area contributed by atoms with Gasteiger partial charge in [0.25, 0.3) is 0 Å². The van der Waals surface area contributed by atoms with Gasteiger partial charge in [0.2, 0.25) is 5.91 Å². The lowest BCUT2D eigenvalue weighted by molar-refractivity contribution is -0.116. The van der Waals surface area contributed by atoms with Crippen LogP contribution in [0.25, 0.3) is 0 Å². The second-order valence-corrected chi connectivity index (χ2v) is 11.2. The molecule has 3 atom stereocenters. The molecule has 0 radical (unpaired) electrons. The standard InChI is InChI=1S/C30H40N2O6/c1-30(2,3)38-29(35)32-16-15-24(20-9-12-23(33)13-10-20)27(19-32)37-26(6-5-17-36-4)22-8-7-21-11-14-28(34)31-25(21)18-22/h7-10,12-13,18,24,26-27,33H,5-6,11,14-17,19H2,1-4H3,(H,31,34). The molecule has 8 heteroatoms. The van der Waals surface area contributed by atoms with Crippen molar-refractivity contribution in [2.75, 3.05) is 32.1 Å². The number of benzene rings is 2. The van der Waals surface area contributed by atoms with Gasteiger partial charge in [0, 0.05) is 38.3 Å². The van der Waals surface area contributed by atoms with Crippen molar-refractivity contribution in [2.24, 2.45) is 0 Å². The van der Waals surface area contributed by atoms with Gasteiger partial charge in [0.1, 0.15) is 11.4 Å². The first kappa shape index (κ1) is 27.9. The third-order valence-corrected chi connectivity index (χ3v) is 7.09. The highest BCUT2D eigenvalue weighted by Gasteiger charge is 2.36. The highest BCUT2D eigenvalue weighted by molar-refractivity contribution is 5.94. The Kier molecular flexibility index (Phi) is 8.95. The number of phenols is 1. The summed E-state index contributed by atoms with van der Waals surface area (Å²) in [5.41, 5.74) is 3.43. The molecule has 2 amide bonds. The summed E-state index contributed by atoms with van der Waals surface area (Å²) < 4.78 is 17.8. The van der Waals surface area contributed by atoms with E-state index in [0.717, 1.165) is 41.6 Å². The van der Waals surface area contributed by atoms with Crippen LogP contribution in [-0.4, -0.2) is 60.5 Å². The molecule has 38 heavy (non-hydrogen) atoms. The molecule has 1 fully saturated rings. The number of carbonyl (C=O) groups is 2. The lowest BCUT2D eigenvalue weighted by Gasteiger charge is -2.40. The quantitative estimate of drug-likeness (QED) is 0.439. The van der Waals surface area contributed by atoms with Gasteiger partial charge in [-0.25, -0.2) is 4.79 Å². The summed E-state index contributed by atoms with van der Waals surface area (Å²) in [5, 5.41) is 12.8. The number of methoxy groups -OCH3 is 1. The molecule has 1 saturated heterocycles. The lowest BCUT2D eigenvalue weighted by Crippen LogP contribution is -2.48. The van der Waals surface area contributed by atoms with Crippen LogP contribution >= 0.6 is 0 Å². The van der Waals surface area contributed by atoms with E-state index in [1.165, 1.54) is 0 Å². The predicted octanol–water partition coefficient (Wildman–Crippen LogP) is 5.55. The van der Waals surface area contributed by atoms with Gasteiger partial charge in [0.15, 0.2) is 0 Å². The third kappa shape index (κ3) is 7.26. The molecule has 2 aromatic carbocycles. The van der Waals surface area contributed by atoms with Crippen LogP contribution in [0, 0.1) is 0 Å². The molecule has 0 spiro atoms. The monoisotopic (exact) mass is 524 g/mol. The van der Waals surface area contributed by atoms with Gasteiger partial charge < -0.3 is 29.5 Å². The largest absolute Gasteiger partial charge is 0.508 e. The van der Waals surface area contributed by atoms with Crippen molar-refractivity contribution in [2.45, 2.75) is 76.6 Å². The first-order valence-corrected chi connectivity index (χ1v) is 13.5. The minimum Gasteiger partial charge on any atom is -0.508 e. The summed E-state index contributed by atoms with van der Waals surface area (Å²) >= 11 is 0. The number of aryl methyl sites for hydroxylation is 1. The fourth-order valence-electron chi connectivity index (χ4n) is 5.18. The first-order valence-electron chi connectivity index (χ1n) is 13.5. The first-order chi connectivity index (χ1) is 18.1. The highest BCUT2D eigenvalue weighted by atomic mass is 16.6. The second kappa shape index (κ2) is 12.2. The average Bonchev–Trinajstić information content (AvgIpc) is 2.87. The topological polar surface area (TPSA) is 97.3 Å². The van der Waals surface area contributed by atoms with Gasteiger partial charge in [-0.15, -0.1) is 0 Å². The zero-order valence-corrected chi connectivity index (χ0v) is 22.9. The fourth-order valence-corrected chi connectivity index (χ4v) is 5.18. The molecule has 0 aromatic heterocycles. The number of piperidine rings is 1. The number of rotatable bonds is 8. The molecule has 2 heterocycles. The number of carbonyl (C=O) groups excluding carboxylic acids is 2. The summed E-state index contributed by atoms with van der Waals surface area (Å²) in [6.07, 6.45) is 2.58.